The van der Waals surface area contributed by atoms with Gasteiger partial charge in [0.2, 0.25) is 0 Å². The van der Waals surface area contributed by atoms with E-state index in [1.165, 1.54) is 29.7 Å². The standard InChI is InChI=1S/C11H17BrN2/c1-13-7-3-4-10(12)11(13)14(2)8-9-5-6-9/h3-4,9H,5-8H2,1-2H3. The molecule has 0 atom stereocenters. The van der Waals surface area contributed by atoms with Crippen molar-refractivity contribution < 1.29 is 0 Å². The third-order valence-corrected chi connectivity index (χ3v) is 3.43. The molecule has 0 unspecified atom stereocenters. The topological polar surface area (TPSA) is 6.48 Å². The summed E-state index contributed by atoms with van der Waals surface area (Å²) in [7, 11) is 4.33. The van der Waals surface area contributed by atoms with Crippen molar-refractivity contribution in [3.05, 3.63) is 22.5 Å². The lowest BCUT2D eigenvalue weighted by Crippen LogP contribution is -2.34. The summed E-state index contributed by atoms with van der Waals surface area (Å²) >= 11 is 3.62. The zero-order valence-electron chi connectivity index (χ0n) is 8.83. The fourth-order valence-electron chi connectivity index (χ4n) is 1.91. The van der Waals surface area contributed by atoms with E-state index in [1.54, 1.807) is 0 Å². The Balaban J connectivity index is 2.07. The minimum Gasteiger partial charge on any atom is -0.360 e. The largest absolute Gasteiger partial charge is 0.360 e. The molecule has 1 aliphatic heterocycles. The van der Waals surface area contributed by atoms with Gasteiger partial charge in [0.15, 0.2) is 0 Å². The lowest BCUT2D eigenvalue weighted by molar-refractivity contribution is 0.272. The average Bonchev–Trinajstić information content (AvgIpc) is 2.87. The summed E-state index contributed by atoms with van der Waals surface area (Å²) in [5.41, 5.74) is 0. The number of hydrogen-bond acceptors (Lipinski definition) is 2. The smallest absolute Gasteiger partial charge is 0.118 e. The van der Waals surface area contributed by atoms with E-state index in [-0.39, 0.29) is 0 Å². The second kappa shape index (κ2) is 3.97. The van der Waals surface area contributed by atoms with E-state index in [4.69, 9.17) is 0 Å². The highest BCUT2D eigenvalue weighted by Crippen LogP contribution is 2.32. The Labute approximate surface area is 94.4 Å². The van der Waals surface area contributed by atoms with Gasteiger partial charge < -0.3 is 9.80 Å². The molecule has 1 fully saturated rings. The van der Waals surface area contributed by atoms with E-state index in [2.05, 4.69) is 52.0 Å². The van der Waals surface area contributed by atoms with Gasteiger partial charge in [-0.2, -0.15) is 0 Å². The molecule has 2 aliphatic rings. The number of halogens is 1. The molecule has 1 saturated carbocycles. The van der Waals surface area contributed by atoms with Crippen molar-refractivity contribution in [2.75, 3.05) is 27.2 Å². The van der Waals surface area contributed by atoms with Crippen molar-refractivity contribution in [2.45, 2.75) is 12.8 Å². The first-order valence-corrected chi connectivity index (χ1v) is 5.96. The van der Waals surface area contributed by atoms with Crippen molar-refractivity contribution in [2.24, 2.45) is 5.92 Å². The first-order valence-electron chi connectivity index (χ1n) is 5.17. The summed E-state index contributed by atoms with van der Waals surface area (Å²) in [5, 5.41) is 0. The fraction of sp³-hybridized carbons (Fsp3) is 0.636. The maximum absolute atomic E-state index is 3.62. The quantitative estimate of drug-likeness (QED) is 0.766. The Morgan fingerprint density at radius 2 is 2.29 bits per heavy atom. The van der Waals surface area contributed by atoms with Crippen LogP contribution < -0.4 is 0 Å². The molecule has 0 aromatic rings. The maximum atomic E-state index is 3.62. The molecule has 0 aromatic heterocycles. The van der Waals surface area contributed by atoms with Crippen LogP contribution in [0.5, 0.6) is 0 Å². The van der Waals surface area contributed by atoms with E-state index in [9.17, 15) is 0 Å². The molecular formula is C11H17BrN2. The summed E-state index contributed by atoms with van der Waals surface area (Å²) in [5.74, 6) is 2.26. The summed E-state index contributed by atoms with van der Waals surface area (Å²) in [6, 6.07) is 0. The minimum atomic E-state index is 0.937. The van der Waals surface area contributed by atoms with Crippen molar-refractivity contribution in [3.8, 4) is 0 Å². The normalized spacial score (nSPS) is 21.8. The van der Waals surface area contributed by atoms with Crippen LogP contribution in [0.1, 0.15) is 12.8 Å². The maximum Gasteiger partial charge on any atom is 0.118 e. The first kappa shape index (κ1) is 10.1. The molecule has 0 aromatic carbocycles. The van der Waals surface area contributed by atoms with E-state index >= 15 is 0 Å². The van der Waals surface area contributed by atoms with Crippen molar-refractivity contribution in [1.29, 1.82) is 0 Å². The van der Waals surface area contributed by atoms with Crippen LogP contribution >= 0.6 is 15.9 Å². The Bertz CT molecular complexity index is 279. The van der Waals surface area contributed by atoms with Gasteiger partial charge in [-0.3, -0.25) is 0 Å². The summed E-state index contributed by atoms with van der Waals surface area (Å²) in [6.07, 6.45) is 7.15. The predicted molar refractivity (Wildman–Crippen MR) is 63.1 cm³/mol. The van der Waals surface area contributed by atoms with Crippen molar-refractivity contribution in [3.63, 3.8) is 0 Å². The Morgan fingerprint density at radius 1 is 1.57 bits per heavy atom. The van der Waals surface area contributed by atoms with E-state index in [0.717, 1.165) is 12.5 Å². The lowest BCUT2D eigenvalue weighted by Gasteiger charge is -2.33. The highest BCUT2D eigenvalue weighted by Gasteiger charge is 2.25. The Kier molecular flexibility index (Phi) is 2.86. The van der Waals surface area contributed by atoms with Crippen LogP contribution in [0.15, 0.2) is 22.5 Å². The number of likely N-dealkylation sites (N-methyl/N-ethyl adjacent to an activating group) is 1. The minimum absolute atomic E-state index is 0.937. The molecule has 0 bridgehead atoms. The zero-order valence-corrected chi connectivity index (χ0v) is 10.4. The van der Waals surface area contributed by atoms with Crippen LogP contribution in [0, 0.1) is 5.92 Å². The number of allylic oxidation sites excluding steroid dienone is 2. The first-order chi connectivity index (χ1) is 6.68. The predicted octanol–water partition coefficient (Wildman–Crippen LogP) is 2.39. The molecule has 2 rings (SSSR count). The van der Waals surface area contributed by atoms with Gasteiger partial charge in [-0.15, -0.1) is 0 Å². The van der Waals surface area contributed by atoms with Crippen molar-refractivity contribution in [1.82, 2.24) is 9.80 Å². The van der Waals surface area contributed by atoms with Gasteiger partial charge >= 0.3 is 0 Å². The third kappa shape index (κ3) is 2.14. The molecular weight excluding hydrogens is 240 g/mol. The van der Waals surface area contributed by atoms with Gasteiger partial charge in [0.05, 0.1) is 4.48 Å². The summed E-state index contributed by atoms with van der Waals surface area (Å²) in [6.45, 7) is 2.21. The molecule has 0 radical (unpaired) electrons. The monoisotopic (exact) mass is 256 g/mol. The Morgan fingerprint density at radius 3 is 2.86 bits per heavy atom. The number of rotatable bonds is 3. The van der Waals surface area contributed by atoms with Crippen LogP contribution in [0.4, 0.5) is 0 Å². The molecule has 0 spiro atoms. The summed E-state index contributed by atoms with van der Waals surface area (Å²) in [4.78, 5) is 4.65. The van der Waals surface area contributed by atoms with Gasteiger partial charge in [0.25, 0.3) is 0 Å². The van der Waals surface area contributed by atoms with Crippen LogP contribution in [0.2, 0.25) is 0 Å². The highest BCUT2D eigenvalue weighted by molar-refractivity contribution is 9.11. The van der Waals surface area contributed by atoms with Gasteiger partial charge in [-0.25, -0.2) is 0 Å². The molecule has 0 saturated heterocycles. The van der Waals surface area contributed by atoms with Gasteiger partial charge in [0.1, 0.15) is 5.82 Å². The Hall–Kier alpha value is -0.440. The molecule has 1 aliphatic carbocycles. The van der Waals surface area contributed by atoms with Crippen LogP contribution in [-0.4, -0.2) is 37.0 Å². The third-order valence-electron chi connectivity index (χ3n) is 2.81. The number of nitrogens with zero attached hydrogens (tertiary/aromatic N) is 2. The van der Waals surface area contributed by atoms with Gasteiger partial charge in [0, 0.05) is 27.2 Å². The van der Waals surface area contributed by atoms with Crippen LogP contribution in [0.3, 0.4) is 0 Å². The average molecular weight is 257 g/mol. The second-order valence-electron chi connectivity index (χ2n) is 4.28. The molecule has 0 amide bonds. The number of hydrogen-bond donors (Lipinski definition) is 0. The van der Waals surface area contributed by atoms with Crippen LogP contribution in [0.25, 0.3) is 0 Å². The van der Waals surface area contributed by atoms with E-state index in [1.807, 2.05) is 0 Å². The molecule has 1 heterocycles. The fourth-order valence-corrected chi connectivity index (χ4v) is 2.70. The van der Waals surface area contributed by atoms with E-state index in [0.29, 0.717) is 0 Å². The van der Waals surface area contributed by atoms with Gasteiger partial charge in [-0.1, -0.05) is 6.08 Å². The summed E-state index contributed by atoms with van der Waals surface area (Å²) < 4.78 is 1.20. The molecule has 3 heteroatoms. The molecule has 2 nitrogen and oxygen atoms in total. The zero-order chi connectivity index (χ0) is 10.1. The molecule has 78 valence electrons. The van der Waals surface area contributed by atoms with E-state index < -0.39 is 0 Å². The lowest BCUT2D eigenvalue weighted by atomic mass is 10.3. The molecule has 0 N–H and O–H groups in total. The second-order valence-corrected chi connectivity index (χ2v) is 5.13. The highest BCUT2D eigenvalue weighted by atomic mass is 79.9. The van der Waals surface area contributed by atoms with Crippen molar-refractivity contribution >= 4 is 15.9 Å². The van der Waals surface area contributed by atoms with Crippen LogP contribution in [-0.2, 0) is 0 Å². The van der Waals surface area contributed by atoms with Gasteiger partial charge in [-0.05, 0) is 40.8 Å². The molecule has 14 heavy (non-hydrogen) atoms. The SMILES string of the molecule is CN1CC=CC(Br)=C1N(C)CC1CC1.